The Kier molecular flexibility index (Phi) is 9.11. The van der Waals surface area contributed by atoms with Crippen LogP contribution in [0.3, 0.4) is 0 Å². The number of hydrogen-bond acceptors (Lipinski definition) is 9. The number of nitrogens with zero attached hydrogens (tertiary/aromatic N) is 6. The molecule has 9 nitrogen and oxygen atoms in total. The van der Waals surface area contributed by atoms with Gasteiger partial charge in [-0.25, -0.2) is 15.0 Å². The van der Waals surface area contributed by atoms with E-state index in [-0.39, 0.29) is 11.8 Å². The Balaban J connectivity index is 1.19. The molecule has 0 saturated carbocycles. The number of halogens is 3. The highest BCUT2D eigenvalue weighted by atomic mass is 19.4. The Labute approximate surface area is 256 Å². The van der Waals surface area contributed by atoms with E-state index in [0.717, 1.165) is 76.7 Å². The lowest BCUT2D eigenvalue weighted by molar-refractivity contribution is -0.189. The van der Waals surface area contributed by atoms with Crippen molar-refractivity contribution in [1.82, 2.24) is 19.8 Å². The van der Waals surface area contributed by atoms with E-state index < -0.39 is 12.3 Å². The summed E-state index contributed by atoms with van der Waals surface area (Å²) in [5, 5.41) is 4.94. The van der Waals surface area contributed by atoms with Crippen molar-refractivity contribution in [2.45, 2.75) is 50.6 Å². The summed E-state index contributed by atoms with van der Waals surface area (Å²) in [6, 6.07) is 17.7. The number of rotatable bonds is 8. The Morgan fingerprint density at radius 3 is 2.41 bits per heavy atom. The molecule has 3 aromatic rings. The van der Waals surface area contributed by atoms with Gasteiger partial charge in [-0.2, -0.15) is 13.2 Å². The van der Waals surface area contributed by atoms with Crippen LogP contribution in [-0.2, 0) is 4.84 Å². The molecule has 1 N–H and O–H groups in total. The van der Waals surface area contributed by atoms with Crippen LogP contribution in [0, 0.1) is 0 Å². The van der Waals surface area contributed by atoms with E-state index in [4.69, 9.17) is 9.57 Å². The molecule has 0 unspecified atom stereocenters. The monoisotopic (exact) mass is 611 g/mol. The third-order valence-corrected chi connectivity index (χ3v) is 8.84. The average Bonchev–Trinajstić information content (AvgIpc) is 3.53. The summed E-state index contributed by atoms with van der Waals surface area (Å²) in [5.41, 5.74) is 2.35. The molecule has 3 fully saturated rings. The molecular weight excluding hydrogens is 571 g/mol. The van der Waals surface area contributed by atoms with Gasteiger partial charge in [-0.15, -0.1) is 0 Å². The van der Waals surface area contributed by atoms with Gasteiger partial charge in [0.15, 0.2) is 11.9 Å². The van der Waals surface area contributed by atoms with Crippen LogP contribution in [0.1, 0.15) is 37.8 Å². The lowest BCUT2D eigenvalue weighted by atomic mass is 10.0. The Bertz CT molecular complexity index is 1380. The molecule has 3 saturated heterocycles. The number of piperidine rings is 1. The van der Waals surface area contributed by atoms with E-state index in [1.165, 1.54) is 6.33 Å². The molecule has 0 amide bonds. The number of piperazine rings is 1. The maximum Gasteiger partial charge on any atom is 0.425 e. The second-order valence-electron chi connectivity index (χ2n) is 11.8. The first kappa shape index (κ1) is 30.4. The highest BCUT2D eigenvalue weighted by Gasteiger charge is 2.38. The van der Waals surface area contributed by atoms with Crippen LogP contribution in [-0.4, -0.2) is 91.0 Å². The SMILES string of the molecule is C[C@@H](Oc1cc(N2CCC(N3CCN(C)CC3)CC2)ccc1Nc1cc(N2OCC[C@@H]2c2ccccc2)ncn1)C(F)(F)F. The Hall–Kier alpha value is -3.61. The fourth-order valence-electron chi connectivity index (χ4n) is 6.19. The van der Waals surface area contributed by atoms with Crippen molar-refractivity contribution in [2.24, 2.45) is 0 Å². The van der Waals surface area contributed by atoms with Gasteiger partial charge >= 0.3 is 6.18 Å². The Morgan fingerprint density at radius 2 is 1.68 bits per heavy atom. The third kappa shape index (κ3) is 7.03. The molecule has 3 aliphatic heterocycles. The van der Waals surface area contributed by atoms with Crippen LogP contribution in [0.15, 0.2) is 60.9 Å². The third-order valence-electron chi connectivity index (χ3n) is 8.84. The van der Waals surface area contributed by atoms with E-state index in [1.807, 2.05) is 24.3 Å². The molecule has 3 aliphatic rings. The van der Waals surface area contributed by atoms with E-state index >= 15 is 0 Å². The molecule has 0 spiro atoms. The number of likely N-dealkylation sites (N-methyl/N-ethyl adjacent to an activating group) is 1. The number of nitrogens with one attached hydrogen (secondary N) is 1. The van der Waals surface area contributed by atoms with Gasteiger partial charge in [0.1, 0.15) is 17.9 Å². The van der Waals surface area contributed by atoms with Gasteiger partial charge < -0.3 is 19.9 Å². The summed E-state index contributed by atoms with van der Waals surface area (Å²) in [6.07, 6.45) is -2.23. The number of anilines is 4. The molecule has 2 atom stereocenters. The topological polar surface area (TPSA) is 69.2 Å². The number of ether oxygens (including phenoxy) is 1. The highest BCUT2D eigenvalue weighted by molar-refractivity contribution is 5.70. The second-order valence-corrected chi connectivity index (χ2v) is 11.8. The Morgan fingerprint density at radius 1 is 0.932 bits per heavy atom. The van der Waals surface area contributed by atoms with Gasteiger partial charge in [-0.3, -0.25) is 9.74 Å². The van der Waals surface area contributed by atoms with E-state index in [2.05, 4.69) is 49.2 Å². The number of benzene rings is 2. The molecule has 0 radical (unpaired) electrons. The van der Waals surface area contributed by atoms with Gasteiger partial charge in [-0.1, -0.05) is 30.3 Å². The molecule has 0 aliphatic carbocycles. The van der Waals surface area contributed by atoms with E-state index in [9.17, 15) is 13.2 Å². The minimum atomic E-state index is -4.50. The van der Waals surface area contributed by atoms with Crippen molar-refractivity contribution < 1.29 is 22.7 Å². The first-order chi connectivity index (χ1) is 21.2. The molecule has 6 rings (SSSR count). The normalized spacial score (nSPS) is 21.4. The lowest BCUT2D eigenvalue weighted by Gasteiger charge is -2.42. The fourth-order valence-corrected chi connectivity index (χ4v) is 6.19. The molecule has 0 bridgehead atoms. The van der Waals surface area contributed by atoms with Crippen LogP contribution >= 0.6 is 0 Å². The fraction of sp³-hybridized carbons (Fsp3) is 0.500. The van der Waals surface area contributed by atoms with Crippen molar-refractivity contribution in [2.75, 3.05) is 68.2 Å². The maximum atomic E-state index is 13.6. The quantitative estimate of drug-likeness (QED) is 0.348. The largest absolute Gasteiger partial charge is 0.479 e. The van der Waals surface area contributed by atoms with Crippen molar-refractivity contribution in [1.29, 1.82) is 0 Å². The van der Waals surface area contributed by atoms with Crippen LogP contribution in [0.5, 0.6) is 5.75 Å². The second kappa shape index (κ2) is 13.2. The van der Waals surface area contributed by atoms with Crippen molar-refractivity contribution >= 4 is 23.0 Å². The first-order valence-electron chi connectivity index (χ1n) is 15.4. The molecule has 236 valence electrons. The number of hydrogen-bond donors (Lipinski definition) is 1. The predicted octanol–water partition coefficient (Wildman–Crippen LogP) is 5.65. The molecule has 12 heteroatoms. The number of hydroxylamine groups is 1. The van der Waals surface area contributed by atoms with Crippen molar-refractivity contribution in [3.05, 3.63) is 66.5 Å². The minimum Gasteiger partial charge on any atom is -0.479 e. The molecule has 44 heavy (non-hydrogen) atoms. The van der Waals surface area contributed by atoms with Crippen molar-refractivity contribution in [3.8, 4) is 5.75 Å². The van der Waals surface area contributed by atoms with Gasteiger partial charge in [0.2, 0.25) is 0 Å². The van der Waals surface area contributed by atoms with Crippen LogP contribution < -0.4 is 20.0 Å². The molecule has 4 heterocycles. The summed E-state index contributed by atoms with van der Waals surface area (Å²) in [6.45, 7) is 7.58. The van der Waals surface area contributed by atoms with Gasteiger partial charge in [0, 0.05) is 69.6 Å². The summed E-state index contributed by atoms with van der Waals surface area (Å²) < 4.78 is 46.3. The summed E-state index contributed by atoms with van der Waals surface area (Å²) in [5.74, 6) is 1.09. The highest BCUT2D eigenvalue weighted by Crippen LogP contribution is 2.38. The minimum absolute atomic E-state index is 0.00912. The number of aromatic nitrogens is 2. The van der Waals surface area contributed by atoms with E-state index in [0.29, 0.717) is 30.0 Å². The number of alkyl halides is 3. The van der Waals surface area contributed by atoms with Gasteiger partial charge in [-0.05, 0) is 44.5 Å². The standard InChI is InChI=1S/C32H40F3N7O2/c1-23(32(33,34)35)44-29-20-26(40-13-10-25(11-14-40)41-17-15-39(2)16-18-41)8-9-27(29)38-30-21-31(37-22-36-30)42-28(12-19-43-42)24-6-4-3-5-7-24/h3-9,20-23,25,28H,10-19H2,1-2H3,(H,36,37,38)/t23-,28-/m1/s1. The van der Waals surface area contributed by atoms with Crippen LogP contribution in [0.2, 0.25) is 0 Å². The van der Waals surface area contributed by atoms with Gasteiger partial charge in [0.25, 0.3) is 0 Å². The predicted molar refractivity (Wildman–Crippen MR) is 164 cm³/mol. The molecule has 2 aromatic carbocycles. The smallest absolute Gasteiger partial charge is 0.425 e. The van der Waals surface area contributed by atoms with Gasteiger partial charge in [0.05, 0.1) is 18.3 Å². The lowest BCUT2D eigenvalue weighted by Crippen LogP contribution is -2.52. The zero-order valence-corrected chi connectivity index (χ0v) is 25.2. The maximum absolute atomic E-state index is 13.6. The first-order valence-corrected chi connectivity index (χ1v) is 15.4. The zero-order valence-electron chi connectivity index (χ0n) is 25.2. The van der Waals surface area contributed by atoms with Crippen LogP contribution in [0.25, 0.3) is 0 Å². The zero-order chi connectivity index (χ0) is 30.7. The van der Waals surface area contributed by atoms with Crippen LogP contribution in [0.4, 0.5) is 36.2 Å². The summed E-state index contributed by atoms with van der Waals surface area (Å²) in [7, 11) is 2.16. The van der Waals surface area contributed by atoms with E-state index in [1.54, 1.807) is 23.3 Å². The average molecular weight is 612 g/mol. The summed E-state index contributed by atoms with van der Waals surface area (Å²) >= 11 is 0. The molecular formula is C32H40F3N7O2. The van der Waals surface area contributed by atoms with Crippen molar-refractivity contribution in [3.63, 3.8) is 0 Å². The summed E-state index contributed by atoms with van der Waals surface area (Å²) in [4.78, 5) is 21.8. The molecule has 1 aromatic heterocycles.